The zero-order chi connectivity index (χ0) is 18.4. The highest BCUT2D eigenvalue weighted by atomic mass is 16.7. The first kappa shape index (κ1) is 19.9. The lowest BCUT2D eigenvalue weighted by Gasteiger charge is -2.38. The lowest BCUT2D eigenvalue weighted by molar-refractivity contribution is -0.215. The Morgan fingerprint density at radius 3 is 2.27 bits per heavy atom. The molecule has 2 aliphatic rings. The Balaban J connectivity index is 1.44. The first-order valence-electron chi connectivity index (χ1n) is 11.0. The summed E-state index contributed by atoms with van der Waals surface area (Å²) in [6, 6.07) is 6.68. The van der Waals surface area contributed by atoms with Gasteiger partial charge in [-0.05, 0) is 49.1 Å². The summed E-state index contributed by atoms with van der Waals surface area (Å²) in [6.07, 6.45) is 12.1. The van der Waals surface area contributed by atoms with E-state index in [0.29, 0.717) is 5.92 Å². The van der Waals surface area contributed by atoms with Crippen molar-refractivity contribution < 1.29 is 9.47 Å². The molecule has 1 heterocycles. The van der Waals surface area contributed by atoms with Crippen LogP contribution in [0.4, 0.5) is 0 Å². The molecule has 2 fully saturated rings. The summed E-state index contributed by atoms with van der Waals surface area (Å²) < 4.78 is 12.3. The molecule has 3 rings (SSSR count). The summed E-state index contributed by atoms with van der Waals surface area (Å²) in [5.41, 5.74) is 3.89. The van der Waals surface area contributed by atoms with Crippen molar-refractivity contribution >= 4 is 0 Å². The van der Waals surface area contributed by atoms with Gasteiger partial charge in [-0.15, -0.1) is 0 Å². The van der Waals surface area contributed by atoms with Crippen molar-refractivity contribution in [1.82, 2.24) is 0 Å². The summed E-state index contributed by atoms with van der Waals surface area (Å²) in [5.74, 6) is 2.38. The molecule has 0 unspecified atom stereocenters. The Morgan fingerprint density at radius 2 is 1.65 bits per heavy atom. The van der Waals surface area contributed by atoms with Crippen LogP contribution in [0.25, 0.3) is 0 Å². The maximum absolute atomic E-state index is 6.17. The van der Waals surface area contributed by atoms with Gasteiger partial charge in [-0.1, -0.05) is 70.6 Å². The Labute approximate surface area is 160 Å². The monoisotopic (exact) mass is 358 g/mol. The molecule has 1 saturated heterocycles. The number of hydrogen-bond donors (Lipinski definition) is 0. The minimum absolute atomic E-state index is 0.164. The molecule has 0 N–H and O–H groups in total. The minimum Gasteiger partial charge on any atom is -0.348 e. The van der Waals surface area contributed by atoms with E-state index in [1.807, 2.05) is 0 Å². The number of ether oxygens (including phenoxy) is 2. The van der Waals surface area contributed by atoms with Gasteiger partial charge in [0.2, 0.25) is 0 Å². The topological polar surface area (TPSA) is 18.5 Å². The predicted octanol–water partition coefficient (Wildman–Crippen LogP) is 6.61. The summed E-state index contributed by atoms with van der Waals surface area (Å²) >= 11 is 0. The number of aryl methyl sites for hydroxylation is 2. The number of rotatable bonds is 7. The fourth-order valence-electron chi connectivity index (χ4n) is 4.82. The van der Waals surface area contributed by atoms with E-state index in [2.05, 4.69) is 39.0 Å². The van der Waals surface area contributed by atoms with Crippen molar-refractivity contribution in [3.8, 4) is 0 Å². The maximum atomic E-state index is 6.17. The van der Waals surface area contributed by atoms with Crippen molar-refractivity contribution in [2.24, 2.45) is 17.8 Å². The number of unbranched alkanes of at least 4 members (excludes halogenated alkanes) is 2. The van der Waals surface area contributed by atoms with Gasteiger partial charge in [-0.3, -0.25) is 0 Å². The van der Waals surface area contributed by atoms with Gasteiger partial charge in [0.1, 0.15) is 0 Å². The van der Waals surface area contributed by atoms with Gasteiger partial charge in [0.05, 0.1) is 13.2 Å². The second-order valence-electron chi connectivity index (χ2n) is 8.58. The van der Waals surface area contributed by atoms with Crippen LogP contribution in [0.3, 0.4) is 0 Å². The molecule has 0 radical (unpaired) electrons. The first-order chi connectivity index (χ1) is 12.7. The Hall–Kier alpha value is -0.860. The van der Waals surface area contributed by atoms with Crippen LogP contribution in [-0.2, 0) is 15.9 Å². The molecular weight excluding hydrogens is 320 g/mol. The highest BCUT2D eigenvalue weighted by Gasteiger charge is 2.32. The smallest absolute Gasteiger partial charge is 0.184 e. The molecule has 0 aromatic heterocycles. The van der Waals surface area contributed by atoms with E-state index < -0.39 is 0 Å². The molecule has 2 nitrogen and oxygen atoms in total. The molecular formula is C24H38O2. The Morgan fingerprint density at radius 1 is 0.923 bits per heavy atom. The molecule has 0 amide bonds. The molecule has 0 atom stereocenters. The van der Waals surface area contributed by atoms with Crippen LogP contribution >= 0.6 is 0 Å². The minimum atomic E-state index is -0.164. The standard InChI is InChI=1S/C24H38O2/c1-4-6-7-8-20-9-12-21(13-10-20)22-16-25-24(26-17-22)23-14-11-19(5-2)15-18(23)3/h11,14-15,20-22,24H,4-10,12-13,16-17H2,1-3H3/t20?,21?,22-,24-. The third-order valence-electron chi connectivity index (χ3n) is 6.69. The average Bonchev–Trinajstić information content (AvgIpc) is 2.69. The van der Waals surface area contributed by atoms with Crippen LogP contribution in [0.2, 0.25) is 0 Å². The molecule has 26 heavy (non-hydrogen) atoms. The summed E-state index contributed by atoms with van der Waals surface area (Å²) in [4.78, 5) is 0. The van der Waals surface area contributed by atoms with Gasteiger partial charge in [-0.2, -0.15) is 0 Å². The van der Waals surface area contributed by atoms with E-state index in [0.717, 1.165) is 31.5 Å². The Kier molecular flexibility index (Phi) is 7.57. The summed E-state index contributed by atoms with van der Waals surface area (Å²) in [6.45, 7) is 8.40. The zero-order valence-corrected chi connectivity index (χ0v) is 17.1. The molecule has 1 aliphatic carbocycles. The molecule has 1 aromatic carbocycles. The molecule has 1 aromatic rings. The van der Waals surface area contributed by atoms with E-state index in [-0.39, 0.29) is 6.29 Å². The van der Waals surface area contributed by atoms with E-state index in [1.165, 1.54) is 68.1 Å². The highest BCUT2D eigenvalue weighted by Crippen LogP contribution is 2.39. The second kappa shape index (κ2) is 9.90. The normalized spacial score (nSPS) is 29.7. The predicted molar refractivity (Wildman–Crippen MR) is 108 cm³/mol. The quantitative estimate of drug-likeness (QED) is 0.511. The van der Waals surface area contributed by atoms with Crippen molar-refractivity contribution in [3.63, 3.8) is 0 Å². The average molecular weight is 359 g/mol. The fraction of sp³-hybridized carbons (Fsp3) is 0.750. The SMILES string of the molecule is CCCCCC1CCC([C@H]2CO[C@H](c3ccc(CC)cc3C)OC2)CC1. The van der Waals surface area contributed by atoms with Crippen LogP contribution in [0.5, 0.6) is 0 Å². The molecule has 0 bridgehead atoms. The molecule has 0 spiro atoms. The lowest BCUT2D eigenvalue weighted by atomic mass is 9.74. The van der Waals surface area contributed by atoms with Crippen molar-refractivity contribution in [2.45, 2.75) is 84.8 Å². The van der Waals surface area contributed by atoms with E-state index in [1.54, 1.807) is 0 Å². The van der Waals surface area contributed by atoms with Crippen molar-refractivity contribution in [3.05, 3.63) is 34.9 Å². The van der Waals surface area contributed by atoms with Crippen LogP contribution in [0, 0.1) is 24.7 Å². The van der Waals surface area contributed by atoms with Crippen molar-refractivity contribution in [1.29, 1.82) is 0 Å². The van der Waals surface area contributed by atoms with Gasteiger partial charge in [0, 0.05) is 11.5 Å². The van der Waals surface area contributed by atoms with E-state index in [9.17, 15) is 0 Å². The number of benzene rings is 1. The third-order valence-corrected chi connectivity index (χ3v) is 6.69. The third kappa shape index (κ3) is 5.10. The van der Waals surface area contributed by atoms with Gasteiger partial charge >= 0.3 is 0 Å². The van der Waals surface area contributed by atoms with Gasteiger partial charge in [0.25, 0.3) is 0 Å². The van der Waals surface area contributed by atoms with E-state index in [4.69, 9.17) is 9.47 Å². The van der Waals surface area contributed by atoms with Gasteiger partial charge < -0.3 is 9.47 Å². The van der Waals surface area contributed by atoms with E-state index >= 15 is 0 Å². The van der Waals surface area contributed by atoms with Gasteiger partial charge in [0.15, 0.2) is 6.29 Å². The molecule has 2 heteroatoms. The lowest BCUT2D eigenvalue weighted by Crippen LogP contribution is -2.34. The van der Waals surface area contributed by atoms with Crippen molar-refractivity contribution in [2.75, 3.05) is 13.2 Å². The Bertz CT molecular complexity index is 537. The molecule has 146 valence electrons. The first-order valence-corrected chi connectivity index (χ1v) is 11.0. The van der Waals surface area contributed by atoms with Gasteiger partial charge in [-0.25, -0.2) is 0 Å². The zero-order valence-electron chi connectivity index (χ0n) is 17.1. The second-order valence-corrected chi connectivity index (χ2v) is 8.58. The summed E-state index contributed by atoms with van der Waals surface area (Å²) in [7, 11) is 0. The molecule has 1 aliphatic heterocycles. The largest absolute Gasteiger partial charge is 0.348 e. The van der Waals surface area contributed by atoms with Crippen LogP contribution < -0.4 is 0 Å². The number of hydrogen-bond acceptors (Lipinski definition) is 2. The highest BCUT2D eigenvalue weighted by molar-refractivity contribution is 5.32. The maximum Gasteiger partial charge on any atom is 0.184 e. The molecule has 1 saturated carbocycles. The summed E-state index contributed by atoms with van der Waals surface area (Å²) in [5, 5.41) is 0. The van der Waals surface area contributed by atoms with Crippen LogP contribution in [0.1, 0.15) is 88.2 Å². The van der Waals surface area contributed by atoms with Crippen LogP contribution in [0.15, 0.2) is 18.2 Å². The van der Waals surface area contributed by atoms with Crippen LogP contribution in [-0.4, -0.2) is 13.2 Å². The fourth-order valence-corrected chi connectivity index (χ4v) is 4.82.